The molecule has 0 aliphatic carbocycles. The fourth-order valence-corrected chi connectivity index (χ4v) is 0.819. The average Bonchev–Trinajstić information content (AvgIpc) is 1.78. The molecule has 0 unspecified atom stereocenters. The summed E-state index contributed by atoms with van der Waals surface area (Å²) in [6, 6.07) is 0. The van der Waals surface area contributed by atoms with Crippen LogP contribution in [0.15, 0.2) is 0 Å². The Balaban J connectivity index is 0. The molecule has 0 aromatic carbocycles. The van der Waals surface area contributed by atoms with Gasteiger partial charge in [-0.2, -0.15) is 0 Å². The van der Waals surface area contributed by atoms with E-state index in [2.05, 4.69) is 5.32 Å². The Bertz CT molecular complexity index is 170. The van der Waals surface area contributed by atoms with Gasteiger partial charge in [0.2, 0.25) is 0 Å². The molecule has 0 rings (SSSR count). The van der Waals surface area contributed by atoms with Crippen molar-refractivity contribution in [1.29, 1.82) is 0 Å². The van der Waals surface area contributed by atoms with Crippen LogP contribution in [0.1, 0.15) is 0 Å². The van der Waals surface area contributed by atoms with Crippen molar-refractivity contribution < 1.29 is 42.5 Å². The van der Waals surface area contributed by atoms with Crippen LogP contribution in [0.4, 0.5) is 0 Å². The Hall–Kier alpha value is 0.830. The van der Waals surface area contributed by atoms with Crippen LogP contribution in [-0.2, 0) is 10.1 Å². The molecule has 0 aromatic rings. The summed E-state index contributed by atoms with van der Waals surface area (Å²) < 4.78 is 29.9. The standard InChI is InChI=1S/C4H12N2O3S.Na/c5-1-2-6-3-4-10(7,8)9;/h6H,1-5H2,(H,7,8,9);/q;+1/p-1. The van der Waals surface area contributed by atoms with Gasteiger partial charge < -0.3 is 15.6 Å². The number of hydrogen-bond acceptors (Lipinski definition) is 5. The first-order chi connectivity index (χ1) is 4.56. The van der Waals surface area contributed by atoms with Crippen LogP contribution in [0, 0.1) is 0 Å². The number of rotatable bonds is 5. The second-order valence-electron chi connectivity index (χ2n) is 1.80. The van der Waals surface area contributed by atoms with E-state index < -0.39 is 10.1 Å². The largest absolute Gasteiger partial charge is 1.00 e. The van der Waals surface area contributed by atoms with Gasteiger partial charge in [-0.1, -0.05) is 0 Å². The van der Waals surface area contributed by atoms with E-state index in [9.17, 15) is 13.0 Å². The SMILES string of the molecule is NCCNCCS(=O)(=O)[O-].[Na+]. The summed E-state index contributed by atoms with van der Waals surface area (Å²) in [4.78, 5) is 0. The molecule has 0 spiro atoms. The molecule has 0 radical (unpaired) electrons. The molecule has 0 fully saturated rings. The van der Waals surface area contributed by atoms with Crippen molar-refractivity contribution in [1.82, 2.24) is 5.32 Å². The Labute approximate surface area is 88.8 Å². The maximum Gasteiger partial charge on any atom is 1.00 e. The van der Waals surface area contributed by atoms with Crippen LogP contribution in [0.3, 0.4) is 0 Å². The molecule has 5 nitrogen and oxygen atoms in total. The van der Waals surface area contributed by atoms with E-state index in [1.165, 1.54) is 0 Å². The Morgan fingerprint density at radius 3 is 2.27 bits per heavy atom. The quantitative estimate of drug-likeness (QED) is 0.257. The van der Waals surface area contributed by atoms with E-state index in [0.717, 1.165) is 0 Å². The Morgan fingerprint density at radius 2 is 1.91 bits per heavy atom. The summed E-state index contributed by atoms with van der Waals surface area (Å²) >= 11 is 0. The molecule has 0 aliphatic heterocycles. The smallest absolute Gasteiger partial charge is 0.748 e. The van der Waals surface area contributed by atoms with Crippen molar-refractivity contribution in [3.05, 3.63) is 0 Å². The van der Waals surface area contributed by atoms with Gasteiger partial charge in [0, 0.05) is 19.6 Å². The van der Waals surface area contributed by atoms with E-state index in [1.54, 1.807) is 0 Å². The minimum Gasteiger partial charge on any atom is -0.748 e. The second-order valence-corrected chi connectivity index (χ2v) is 3.32. The summed E-state index contributed by atoms with van der Waals surface area (Å²) in [5.41, 5.74) is 5.09. The predicted octanol–water partition coefficient (Wildman–Crippen LogP) is -4.92. The third-order valence-electron chi connectivity index (χ3n) is 0.850. The topological polar surface area (TPSA) is 95.2 Å². The summed E-state index contributed by atoms with van der Waals surface area (Å²) in [6.07, 6.45) is 0. The zero-order chi connectivity index (χ0) is 8.04. The zero-order valence-corrected chi connectivity index (χ0v) is 9.36. The van der Waals surface area contributed by atoms with E-state index in [1.807, 2.05) is 0 Å². The summed E-state index contributed by atoms with van der Waals surface area (Å²) in [5.74, 6) is -0.368. The van der Waals surface area contributed by atoms with Gasteiger partial charge in [-0.05, 0) is 0 Å². The van der Waals surface area contributed by atoms with Crippen molar-refractivity contribution in [2.45, 2.75) is 0 Å². The first kappa shape index (κ1) is 14.4. The third-order valence-corrected chi connectivity index (χ3v) is 1.55. The normalized spacial score (nSPS) is 10.7. The monoisotopic (exact) mass is 190 g/mol. The molecule has 0 saturated heterocycles. The van der Waals surface area contributed by atoms with Gasteiger partial charge in [0.1, 0.15) is 0 Å². The van der Waals surface area contributed by atoms with Crippen molar-refractivity contribution in [2.75, 3.05) is 25.4 Å². The maximum atomic E-state index is 9.97. The first-order valence-corrected chi connectivity index (χ1v) is 4.48. The van der Waals surface area contributed by atoms with Crippen LogP contribution in [-0.4, -0.2) is 38.4 Å². The van der Waals surface area contributed by atoms with Gasteiger partial charge >= 0.3 is 29.6 Å². The van der Waals surface area contributed by atoms with Crippen LogP contribution >= 0.6 is 0 Å². The van der Waals surface area contributed by atoms with Crippen molar-refractivity contribution >= 4 is 10.1 Å². The van der Waals surface area contributed by atoms with Crippen LogP contribution in [0.2, 0.25) is 0 Å². The number of hydrogen-bond donors (Lipinski definition) is 2. The van der Waals surface area contributed by atoms with Crippen molar-refractivity contribution in [3.63, 3.8) is 0 Å². The van der Waals surface area contributed by atoms with E-state index in [-0.39, 0.29) is 41.9 Å². The summed E-state index contributed by atoms with van der Waals surface area (Å²) in [6.45, 7) is 1.16. The van der Waals surface area contributed by atoms with Gasteiger partial charge in [-0.3, -0.25) is 0 Å². The predicted molar refractivity (Wildman–Crippen MR) is 36.5 cm³/mol. The molecule has 0 aromatic heterocycles. The molecule has 0 amide bonds. The average molecular weight is 190 g/mol. The molecular weight excluding hydrogens is 179 g/mol. The maximum absolute atomic E-state index is 9.97. The minimum atomic E-state index is -4.06. The molecule has 7 heteroatoms. The molecule has 3 N–H and O–H groups in total. The van der Waals surface area contributed by atoms with Gasteiger partial charge in [-0.15, -0.1) is 0 Å². The van der Waals surface area contributed by atoms with Gasteiger partial charge in [0.05, 0.1) is 15.9 Å². The van der Waals surface area contributed by atoms with E-state index >= 15 is 0 Å². The van der Waals surface area contributed by atoms with Gasteiger partial charge in [-0.25, -0.2) is 8.42 Å². The molecular formula is C4H11N2NaO3S. The molecule has 0 saturated carbocycles. The molecule has 0 atom stereocenters. The number of nitrogens with two attached hydrogens (primary N) is 1. The Kier molecular flexibility index (Phi) is 9.76. The summed E-state index contributed by atoms with van der Waals surface area (Å²) in [7, 11) is -4.06. The van der Waals surface area contributed by atoms with Gasteiger partial charge in [0.15, 0.2) is 0 Å². The fraction of sp³-hybridized carbons (Fsp3) is 1.00. The molecule has 0 aliphatic rings. The van der Waals surface area contributed by atoms with Crippen molar-refractivity contribution in [2.24, 2.45) is 5.73 Å². The van der Waals surface area contributed by atoms with Gasteiger partial charge in [0.25, 0.3) is 0 Å². The molecule has 62 valence electrons. The van der Waals surface area contributed by atoms with Crippen molar-refractivity contribution in [3.8, 4) is 0 Å². The first-order valence-electron chi connectivity index (χ1n) is 2.90. The van der Waals surface area contributed by atoms with Crippen LogP contribution in [0.5, 0.6) is 0 Å². The fourth-order valence-electron chi connectivity index (χ4n) is 0.424. The van der Waals surface area contributed by atoms with E-state index in [0.29, 0.717) is 13.1 Å². The second kappa shape index (κ2) is 7.48. The molecule has 0 heterocycles. The Morgan fingerprint density at radius 1 is 1.36 bits per heavy atom. The van der Waals surface area contributed by atoms with Crippen LogP contribution < -0.4 is 40.6 Å². The third kappa shape index (κ3) is 13.8. The van der Waals surface area contributed by atoms with E-state index in [4.69, 9.17) is 5.73 Å². The van der Waals surface area contributed by atoms with Crippen LogP contribution in [0.25, 0.3) is 0 Å². The number of nitrogens with one attached hydrogen (secondary N) is 1. The molecule has 11 heavy (non-hydrogen) atoms. The molecule has 0 bridgehead atoms. The summed E-state index contributed by atoms with van der Waals surface area (Å²) in [5, 5.41) is 2.69. The minimum absolute atomic E-state index is 0. The zero-order valence-electron chi connectivity index (χ0n) is 6.54.